The summed E-state index contributed by atoms with van der Waals surface area (Å²) in [6, 6.07) is 13.8. The molecule has 4 rings (SSSR count). The van der Waals surface area contributed by atoms with Crippen LogP contribution in [0.1, 0.15) is 48.3 Å². The smallest absolute Gasteiger partial charge is 0.139 e. The summed E-state index contributed by atoms with van der Waals surface area (Å²) in [5.74, 6) is 0.599. The monoisotopic (exact) mass is 402 g/mol. The molecule has 2 aromatic carbocycles. The molecule has 0 aromatic heterocycles. The molecule has 2 nitrogen and oxygen atoms in total. The molecule has 0 heterocycles. The number of carbonyl (C=O) groups is 1. The first kappa shape index (κ1) is 19.0. The van der Waals surface area contributed by atoms with E-state index in [1.54, 1.807) is 0 Å². The first-order valence-corrected chi connectivity index (χ1v) is 10.5. The molecule has 2 aliphatic rings. The number of ketones is 1. The zero-order valence-corrected chi connectivity index (χ0v) is 16.7. The minimum absolute atomic E-state index is 0.00758. The molecule has 0 spiro atoms. The number of Topliss-reactive ketones (excluding diaryl/α,β-unsaturated/α-hetero) is 1. The predicted molar refractivity (Wildman–Crippen MR) is 110 cm³/mol. The van der Waals surface area contributed by atoms with Crippen LogP contribution in [0, 0.1) is 11.8 Å². The Balaban J connectivity index is 1.38. The molecule has 4 atom stereocenters. The highest BCUT2D eigenvalue weighted by Crippen LogP contribution is 2.41. The normalized spacial score (nSPS) is 27.1. The van der Waals surface area contributed by atoms with Gasteiger partial charge in [0, 0.05) is 27.8 Å². The standard InChI is InChI=1S/C23H24Cl2O2/c24-20-6-3-7-21(25)19(20)12-16-9-8-14(23(16)27)10-11-18-17-5-2-1-4-15(17)13-22(18)26/h1-7,14,16,18,22,26H,8-13H2/t14?,16?,18?,22-/m1/s1. The van der Waals surface area contributed by atoms with Crippen molar-refractivity contribution in [1.82, 2.24) is 0 Å². The summed E-state index contributed by atoms with van der Waals surface area (Å²) in [5.41, 5.74) is 3.40. The van der Waals surface area contributed by atoms with Gasteiger partial charge >= 0.3 is 0 Å². The predicted octanol–water partition coefficient (Wildman–Crippen LogP) is 5.61. The second-order valence-electron chi connectivity index (χ2n) is 7.93. The van der Waals surface area contributed by atoms with Crippen LogP contribution in [-0.4, -0.2) is 17.0 Å². The lowest BCUT2D eigenvalue weighted by atomic mass is 9.88. The minimum atomic E-state index is -0.323. The van der Waals surface area contributed by atoms with Crippen LogP contribution >= 0.6 is 23.2 Å². The van der Waals surface area contributed by atoms with E-state index >= 15 is 0 Å². The van der Waals surface area contributed by atoms with Crippen LogP contribution in [0.15, 0.2) is 42.5 Å². The van der Waals surface area contributed by atoms with Crippen molar-refractivity contribution in [3.05, 3.63) is 69.2 Å². The van der Waals surface area contributed by atoms with E-state index in [1.165, 1.54) is 11.1 Å². The molecule has 0 radical (unpaired) electrons. The molecule has 3 unspecified atom stereocenters. The van der Waals surface area contributed by atoms with Crippen molar-refractivity contribution in [3.63, 3.8) is 0 Å². The van der Waals surface area contributed by atoms with Crippen LogP contribution < -0.4 is 0 Å². The number of hydrogen-bond acceptors (Lipinski definition) is 2. The van der Waals surface area contributed by atoms with Crippen LogP contribution in [0.2, 0.25) is 10.0 Å². The van der Waals surface area contributed by atoms with Gasteiger partial charge in [0.1, 0.15) is 5.78 Å². The molecule has 1 fully saturated rings. The Kier molecular flexibility index (Phi) is 5.59. The SMILES string of the molecule is O=C1C(CCC2c3ccccc3C[C@H]2O)CCC1Cc1c(Cl)cccc1Cl. The molecule has 2 aromatic rings. The van der Waals surface area contributed by atoms with Gasteiger partial charge < -0.3 is 5.11 Å². The topological polar surface area (TPSA) is 37.3 Å². The van der Waals surface area contributed by atoms with E-state index in [0.717, 1.165) is 37.7 Å². The van der Waals surface area contributed by atoms with Crippen molar-refractivity contribution in [3.8, 4) is 0 Å². The van der Waals surface area contributed by atoms with Crippen molar-refractivity contribution in [1.29, 1.82) is 0 Å². The molecular formula is C23H24Cl2O2. The van der Waals surface area contributed by atoms with Gasteiger partial charge in [0.2, 0.25) is 0 Å². The summed E-state index contributed by atoms with van der Waals surface area (Å²) in [6.07, 6.45) is 4.58. The maximum atomic E-state index is 12.9. The van der Waals surface area contributed by atoms with Crippen LogP contribution in [0.4, 0.5) is 0 Å². The van der Waals surface area contributed by atoms with E-state index < -0.39 is 0 Å². The van der Waals surface area contributed by atoms with Gasteiger partial charge in [0.15, 0.2) is 0 Å². The van der Waals surface area contributed by atoms with E-state index in [1.807, 2.05) is 30.3 Å². The van der Waals surface area contributed by atoms with Crippen molar-refractivity contribution < 1.29 is 9.90 Å². The van der Waals surface area contributed by atoms with E-state index in [9.17, 15) is 9.90 Å². The second kappa shape index (κ2) is 7.95. The Morgan fingerprint density at radius 3 is 2.41 bits per heavy atom. The van der Waals surface area contributed by atoms with Crippen molar-refractivity contribution in [2.24, 2.45) is 11.8 Å². The zero-order valence-electron chi connectivity index (χ0n) is 15.2. The average Bonchev–Trinajstić information content (AvgIpc) is 3.16. The molecule has 0 aliphatic heterocycles. The first-order valence-electron chi connectivity index (χ1n) is 9.77. The van der Waals surface area contributed by atoms with Crippen LogP contribution in [0.5, 0.6) is 0 Å². The summed E-state index contributed by atoms with van der Waals surface area (Å²) in [5, 5.41) is 11.7. The van der Waals surface area contributed by atoms with Crippen molar-refractivity contribution in [2.75, 3.05) is 0 Å². The molecule has 4 heteroatoms. The molecule has 0 saturated heterocycles. The van der Waals surface area contributed by atoms with Gasteiger partial charge in [-0.25, -0.2) is 0 Å². The molecule has 0 bridgehead atoms. The Hall–Kier alpha value is -1.35. The number of hydrogen-bond donors (Lipinski definition) is 1. The fraction of sp³-hybridized carbons (Fsp3) is 0.435. The van der Waals surface area contributed by atoms with Gasteiger partial charge in [-0.2, -0.15) is 0 Å². The highest BCUT2D eigenvalue weighted by Gasteiger charge is 2.37. The van der Waals surface area contributed by atoms with Gasteiger partial charge in [-0.15, -0.1) is 0 Å². The van der Waals surface area contributed by atoms with E-state index in [4.69, 9.17) is 23.2 Å². The molecule has 142 valence electrons. The molecule has 1 N–H and O–H groups in total. The van der Waals surface area contributed by atoms with Crippen molar-refractivity contribution >= 4 is 29.0 Å². The molecule has 0 amide bonds. The molecule has 27 heavy (non-hydrogen) atoms. The average molecular weight is 403 g/mol. The zero-order chi connectivity index (χ0) is 19.0. The van der Waals surface area contributed by atoms with Gasteiger partial charge in [0.25, 0.3) is 0 Å². The third-order valence-electron chi connectivity index (χ3n) is 6.35. The quantitative estimate of drug-likeness (QED) is 0.704. The highest BCUT2D eigenvalue weighted by atomic mass is 35.5. The lowest BCUT2D eigenvalue weighted by molar-refractivity contribution is -0.124. The summed E-state index contributed by atoms with van der Waals surface area (Å²) in [6.45, 7) is 0. The van der Waals surface area contributed by atoms with Crippen molar-refractivity contribution in [2.45, 2.75) is 50.5 Å². The highest BCUT2D eigenvalue weighted by molar-refractivity contribution is 6.36. The fourth-order valence-corrected chi connectivity index (χ4v) is 5.42. The summed E-state index contributed by atoms with van der Waals surface area (Å²) >= 11 is 12.6. The van der Waals surface area contributed by atoms with Crippen LogP contribution in [0.25, 0.3) is 0 Å². The largest absolute Gasteiger partial charge is 0.392 e. The third-order valence-corrected chi connectivity index (χ3v) is 7.06. The number of benzene rings is 2. The lowest BCUT2D eigenvalue weighted by Gasteiger charge is -2.18. The van der Waals surface area contributed by atoms with E-state index in [2.05, 4.69) is 12.1 Å². The number of rotatable bonds is 5. The number of aliphatic hydroxyl groups excluding tert-OH is 1. The third kappa shape index (κ3) is 3.81. The lowest BCUT2D eigenvalue weighted by Crippen LogP contribution is -2.19. The summed E-state index contributed by atoms with van der Waals surface area (Å²) in [4.78, 5) is 12.9. The summed E-state index contributed by atoms with van der Waals surface area (Å²) < 4.78 is 0. The second-order valence-corrected chi connectivity index (χ2v) is 8.75. The van der Waals surface area contributed by atoms with E-state index in [0.29, 0.717) is 22.2 Å². The fourth-order valence-electron chi connectivity index (χ4n) is 4.87. The molecule has 2 aliphatic carbocycles. The van der Waals surface area contributed by atoms with Crippen LogP contribution in [0.3, 0.4) is 0 Å². The van der Waals surface area contributed by atoms with Crippen LogP contribution in [-0.2, 0) is 17.6 Å². The maximum absolute atomic E-state index is 12.9. The maximum Gasteiger partial charge on any atom is 0.139 e. The Morgan fingerprint density at radius 1 is 0.926 bits per heavy atom. The van der Waals surface area contributed by atoms with Gasteiger partial charge in [-0.05, 0) is 67.3 Å². The first-order chi connectivity index (χ1) is 13.0. The summed E-state index contributed by atoms with van der Waals surface area (Å²) in [7, 11) is 0. The van der Waals surface area contributed by atoms with E-state index in [-0.39, 0.29) is 23.9 Å². The number of halogens is 2. The van der Waals surface area contributed by atoms with Gasteiger partial charge in [-0.1, -0.05) is 53.5 Å². The number of carbonyl (C=O) groups excluding carboxylic acids is 1. The minimum Gasteiger partial charge on any atom is -0.392 e. The Labute approximate surface area is 170 Å². The molecule has 1 saturated carbocycles. The number of fused-ring (bicyclic) bond motifs is 1. The Bertz CT molecular complexity index is 828. The van der Waals surface area contributed by atoms with Gasteiger partial charge in [0.05, 0.1) is 6.10 Å². The molecular weight excluding hydrogens is 379 g/mol. The number of aliphatic hydroxyl groups is 1. The van der Waals surface area contributed by atoms with Gasteiger partial charge in [-0.3, -0.25) is 4.79 Å². The Morgan fingerprint density at radius 2 is 1.63 bits per heavy atom.